The van der Waals surface area contributed by atoms with Crippen molar-refractivity contribution in [3.8, 4) is 11.1 Å². The SMILES string of the molecule is Cl.O=C(O)C[C@H](Cc1ccc(-c2ccccc2)cc1)NCP(=O)(O)O. The molecular formula is C17H21ClNO5P. The van der Waals surface area contributed by atoms with Crippen LogP contribution in [-0.4, -0.2) is 33.2 Å². The molecule has 0 radical (unpaired) electrons. The molecule has 0 aliphatic heterocycles. The van der Waals surface area contributed by atoms with E-state index in [9.17, 15) is 9.36 Å². The van der Waals surface area contributed by atoms with E-state index in [1.54, 1.807) is 0 Å². The second kappa shape index (κ2) is 9.70. The number of nitrogens with one attached hydrogen (secondary N) is 1. The van der Waals surface area contributed by atoms with Gasteiger partial charge in [0.1, 0.15) is 0 Å². The van der Waals surface area contributed by atoms with E-state index in [1.807, 2.05) is 54.6 Å². The number of benzene rings is 2. The average Bonchev–Trinajstić information content (AvgIpc) is 2.53. The number of hydrogen-bond donors (Lipinski definition) is 4. The predicted molar refractivity (Wildman–Crippen MR) is 98.9 cm³/mol. The van der Waals surface area contributed by atoms with Gasteiger partial charge in [0.25, 0.3) is 0 Å². The third-order valence-corrected chi connectivity index (χ3v) is 4.14. The molecule has 2 aromatic carbocycles. The molecule has 0 saturated heterocycles. The molecule has 0 aromatic heterocycles. The summed E-state index contributed by atoms with van der Waals surface area (Å²) in [5, 5.41) is 11.6. The van der Waals surface area contributed by atoms with Crippen LogP contribution in [0.1, 0.15) is 12.0 Å². The quantitative estimate of drug-likeness (QED) is 0.520. The van der Waals surface area contributed by atoms with Gasteiger partial charge in [-0.1, -0.05) is 54.6 Å². The molecule has 0 amide bonds. The number of hydrogen-bond acceptors (Lipinski definition) is 3. The minimum absolute atomic E-state index is 0. The molecule has 4 N–H and O–H groups in total. The summed E-state index contributed by atoms with van der Waals surface area (Å²) in [5.74, 6) is -1.01. The molecule has 8 heteroatoms. The minimum atomic E-state index is -4.22. The van der Waals surface area contributed by atoms with Crippen molar-refractivity contribution < 1.29 is 24.3 Å². The summed E-state index contributed by atoms with van der Waals surface area (Å²) in [6.07, 6.45) is -0.366. The Hall–Kier alpha value is -1.69. The van der Waals surface area contributed by atoms with E-state index in [1.165, 1.54) is 0 Å². The van der Waals surface area contributed by atoms with Crippen molar-refractivity contribution in [3.63, 3.8) is 0 Å². The monoisotopic (exact) mass is 385 g/mol. The van der Waals surface area contributed by atoms with Gasteiger partial charge in [-0.15, -0.1) is 12.4 Å². The van der Waals surface area contributed by atoms with Gasteiger partial charge in [0.15, 0.2) is 0 Å². The highest BCUT2D eigenvalue weighted by Crippen LogP contribution is 2.32. The average molecular weight is 386 g/mol. The Morgan fingerprint density at radius 3 is 2.08 bits per heavy atom. The first kappa shape index (κ1) is 21.4. The Balaban J connectivity index is 0.00000312. The van der Waals surface area contributed by atoms with Crippen molar-refractivity contribution in [2.45, 2.75) is 18.9 Å². The molecule has 0 fully saturated rings. The predicted octanol–water partition coefficient (Wildman–Crippen LogP) is 2.89. The molecule has 0 heterocycles. The first-order valence-corrected chi connectivity index (χ1v) is 9.27. The van der Waals surface area contributed by atoms with Crippen LogP contribution in [0.5, 0.6) is 0 Å². The summed E-state index contributed by atoms with van der Waals surface area (Å²) in [5.41, 5.74) is 3.04. The fraction of sp³-hybridized carbons (Fsp3) is 0.235. The normalized spacial score (nSPS) is 12.2. The molecule has 6 nitrogen and oxygen atoms in total. The second-order valence-electron chi connectivity index (χ2n) is 5.59. The number of carboxylic acids is 1. The third kappa shape index (κ3) is 7.82. The lowest BCUT2D eigenvalue weighted by Crippen LogP contribution is -2.34. The molecule has 0 bridgehead atoms. The van der Waals surface area contributed by atoms with Crippen LogP contribution in [0, 0.1) is 0 Å². The number of aliphatic carboxylic acids is 1. The van der Waals surface area contributed by atoms with E-state index in [0.29, 0.717) is 6.42 Å². The van der Waals surface area contributed by atoms with Gasteiger partial charge in [0.2, 0.25) is 0 Å². The van der Waals surface area contributed by atoms with E-state index in [0.717, 1.165) is 16.7 Å². The highest BCUT2D eigenvalue weighted by atomic mass is 35.5. The molecule has 0 unspecified atom stereocenters. The van der Waals surface area contributed by atoms with Crippen LogP contribution in [0.25, 0.3) is 11.1 Å². The van der Waals surface area contributed by atoms with Gasteiger partial charge in [-0.2, -0.15) is 0 Å². The lowest BCUT2D eigenvalue weighted by atomic mass is 9.99. The molecule has 0 spiro atoms. The van der Waals surface area contributed by atoms with Gasteiger partial charge >= 0.3 is 13.6 Å². The minimum Gasteiger partial charge on any atom is -0.481 e. The molecule has 2 rings (SSSR count). The van der Waals surface area contributed by atoms with Gasteiger partial charge in [-0.05, 0) is 23.1 Å². The highest BCUT2D eigenvalue weighted by Gasteiger charge is 2.19. The molecular weight excluding hydrogens is 365 g/mol. The summed E-state index contributed by atoms with van der Waals surface area (Å²) in [4.78, 5) is 28.8. The van der Waals surface area contributed by atoms with Gasteiger partial charge in [0, 0.05) is 6.04 Å². The third-order valence-electron chi connectivity index (χ3n) is 3.55. The van der Waals surface area contributed by atoms with Crippen LogP contribution in [0.15, 0.2) is 54.6 Å². The summed E-state index contributed by atoms with van der Waals surface area (Å²) < 4.78 is 11.0. The Morgan fingerprint density at radius 2 is 1.56 bits per heavy atom. The second-order valence-corrected chi connectivity index (χ2v) is 7.23. The standard InChI is InChI=1S/C17H20NO5P.ClH/c19-17(20)11-16(18-12-24(21,22)23)10-13-6-8-15(9-7-13)14-4-2-1-3-5-14;/h1-9,16,18H,10-12H2,(H,19,20)(H2,21,22,23);1H/t16-;/m0./s1. The van der Waals surface area contributed by atoms with Gasteiger partial charge in [-0.3, -0.25) is 9.36 Å². The summed E-state index contributed by atoms with van der Waals surface area (Å²) in [6, 6.07) is 17.0. The molecule has 0 aliphatic carbocycles. The Morgan fingerprint density at radius 1 is 1.00 bits per heavy atom. The Labute approximate surface area is 152 Å². The van der Waals surface area contributed by atoms with Crippen LogP contribution in [-0.2, 0) is 15.8 Å². The van der Waals surface area contributed by atoms with Gasteiger partial charge < -0.3 is 20.2 Å². The smallest absolute Gasteiger partial charge is 0.339 e. The molecule has 2 aromatic rings. The number of halogens is 1. The number of carboxylic acid groups (broad SMARTS) is 1. The fourth-order valence-electron chi connectivity index (χ4n) is 2.42. The first-order valence-electron chi connectivity index (χ1n) is 7.47. The van der Waals surface area contributed by atoms with E-state index in [4.69, 9.17) is 14.9 Å². The molecule has 0 saturated carbocycles. The van der Waals surface area contributed by atoms with Crippen LogP contribution >= 0.6 is 20.0 Å². The van der Waals surface area contributed by atoms with Crippen LogP contribution in [0.3, 0.4) is 0 Å². The Kier molecular flexibility index (Phi) is 8.29. The van der Waals surface area contributed by atoms with Crippen molar-refractivity contribution >= 4 is 26.0 Å². The topological polar surface area (TPSA) is 107 Å². The zero-order chi connectivity index (χ0) is 17.6. The van der Waals surface area contributed by atoms with E-state index in [2.05, 4.69) is 5.32 Å². The summed E-state index contributed by atoms with van der Waals surface area (Å²) >= 11 is 0. The number of rotatable bonds is 8. The van der Waals surface area contributed by atoms with Crippen molar-refractivity contribution in [2.24, 2.45) is 0 Å². The first-order chi connectivity index (χ1) is 11.3. The number of carbonyl (C=O) groups is 1. The van der Waals surface area contributed by atoms with Crippen LogP contribution in [0.4, 0.5) is 0 Å². The maximum absolute atomic E-state index is 11.0. The maximum Gasteiger partial charge on any atom is 0.339 e. The van der Waals surface area contributed by atoms with Crippen molar-refractivity contribution in [3.05, 3.63) is 60.2 Å². The fourth-order valence-corrected chi connectivity index (χ4v) is 2.92. The van der Waals surface area contributed by atoms with Crippen molar-refractivity contribution in [1.29, 1.82) is 0 Å². The van der Waals surface area contributed by atoms with Crippen LogP contribution < -0.4 is 5.32 Å². The lowest BCUT2D eigenvalue weighted by Gasteiger charge is -2.17. The van der Waals surface area contributed by atoms with Gasteiger partial charge in [-0.25, -0.2) is 0 Å². The van der Waals surface area contributed by atoms with Crippen molar-refractivity contribution in [1.82, 2.24) is 5.32 Å². The van der Waals surface area contributed by atoms with Gasteiger partial charge in [0.05, 0.1) is 12.7 Å². The molecule has 1 atom stereocenters. The zero-order valence-corrected chi connectivity index (χ0v) is 15.1. The highest BCUT2D eigenvalue weighted by molar-refractivity contribution is 7.51. The van der Waals surface area contributed by atoms with Crippen LogP contribution in [0.2, 0.25) is 0 Å². The molecule has 25 heavy (non-hydrogen) atoms. The Bertz CT molecular complexity index is 718. The molecule has 0 aliphatic rings. The lowest BCUT2D eigenvalue weighted by molar-refractivity contribution is -0.137. The largest absolute Gasteiger partial charge is 0.481 e. The van der Waals surface area contributed by atoms with Crippen molar-refractivity contribution in [2.75, 3.05) is 6.29 Å². The van der Waals surface area contributed by atoms with E-state index < -0.39 is 25.9 Å². The summed E-state index contributed by atoms with van der Waals surface area (Å²) in [6.45, 7) is 0. The van der Waals surface area contributed by atoms with E-state index >= 15 is 0 Å². The van der Waals surface area contributed by atoms with E-state index in [-0.39, 0.29) is 18.8 Å². The zero-order valence-electron chi connectivity index (χ0n) is 13.4. The summed E-state index contributed by atoms with van der Waals surface area (Å²) in [7, 11) is -4.22. The molecule has 136 valence electrons. The maximum atomic E-state index is 11.0.